The minimum absolute atomic E-state index is 0.0449. The third-order valence-electron chi connectivity index (χ3n) is 3.64. The van der Waals surface area contributed by atoms with Crippen molar-refractivity contribution in [2.75, 3.05) is 14.2 Å². The summed E-state index contributed by atoms with van der Waals surface area (Å²) in [6.07, 6.45) is 0.0449. The van der Waals surface area contributed by atoms with E-state index in [4.69, 9.17) is 18.7 Å². The molecule has 24 heavy (non-hydrogen) atoms. The molecule has 0 aliphatic carbocycles. The molecule has 124 valence electrons. The molecule has 3 rings (SSSR count). The van der Waals surface area contributed by atoms with Crippen LogP contribution in [0, 0.1) is 0 Å². The van der Waals surface area contributed by atoms with Gasteiger partial charge in [0.1, 0.15) is 23.8 Å². The Balaban J connectivity index is 1.67. The number of ether oxygens (including phenoxy) is 3. The second-order valence-electron chi connectivity index (χ2n) is 5.14. The zero-order chi connectivity index (χ0) is 16.9. The number of nitrogens with zero attached hydrogens (tertiary/aromatic N) is 1. The van der Waals surface area contributed by atoms with Gasteiger partial charge >= 0.3 is 5.97 Å². The van der Waals surface area contributed by atoms with Crippen LogP contribution in [-0.2, 0) is 22.6 Å². The lowest BCUT2D eigenvalue weighted by atomic mass is 10.2. The predicted octanol–water partition coefficient (Wildman–Crippen LogP) is 3.13. The molecular weight excluding hydrogens is 310 g/mol. The molecule has 0 unspecified atom stereocenters. The molecule has 0 saturated heterocycles. The first-order valence-corrected chi connectivity index (χ1v) is 7.41. The fraction of sp³-hybridized carbons (Fsp3) is 0.222. The van der Waals surface area contributed by atoms with Crippen molar-refractivity contribution in [2.45, 2.75) is 13.0 Å². The van der Waals surface area contributed by atoms with Gasteiger partial charge in [-0.05, 0) is 30.3 Å². The average molecular weight is 327 g/mol. The van der Waals surface area contributed by atoms with E-state index in [9.17, 15) is 4.79 Å². The Bertz CT molecular complexity index is 855. The van der Waals surface area contributed by atoms with Crippen LogP contribution >= 0.6 is 0 Å². The van der Waals surface area contributed by atoms with Crippen LogP contribution in [-0.4, -0.2) is 25.3 Å². The van der Waals surface area contributed by atoms with Gasteiger partial charge in [-0.2, -0.15) is 0 Å². The van der Waals surface area contributed by atoms with Gasteiger partial charge in [-0.15, -0.1) is 0 Å². The Morgan fingerprint density at radius 2 is 1.96 bits per heavy atom. The van der Waals surface area contributed by atoms with Crippen molar-refractivity contribution >= 4 is 16.9 Å². The summed E-state index contributed by atoms with van der Waals surface area (Å²) in [5, 5.41) is 4.74. The standard InChI is InChI=1S/C18H17NO5/c1-21-13-7-8-16(22-2)12(9-13)11-23-18(20)10-15-14-5-3-4-6-17(14)24-19-15/h3-9H,10-11H2,1-2H3. The van der Waals surface area contributed by atoms with E-state index in [1.165, 1.54) is 0 Å². The average Bonchev–Trinajstić information content (AvgIpc) is 3.02. The Kier molecular flexibility index (Phi) is 4.65. The lowest BCUT2D eigenvalue weighted by Gasteiger charge is -2.10. The fourth-order valence-corrected chi connectivity index (χ4v) is 2.41. The first kappa shape index (κ1) is 15.9. The van der Waals surface area contributed by atoms with Crippen LogP contribution in [0.4, 0.5) is 0 Å². The van der Waals surface area contributed by atoms with Crippen LogP contribution < -0.4 is 9.47 Å². The summed E-state index contributed by atoms with van der Waals surface area (Å²) in [5.74, 6) is 0.916. The molecule has 1 aromatic heterocycles. The van der Waals surface area contributed by atoms with E-state index < -0.39 is 0 Å². The highest BCUT2D eigenvalue weighted by Crippen LogP contribution is 2.25. The number of hydrogen-bond donors (Lipinski definition) is 0. The molecule has 0 N–H and O–H groups in total. The highest BCUT2D eigenvalue weighted by atomic mass is 16.5. The summed E-state index contributed by atoms with van der Waals surface area (Å²) >= 11 is 0. The Hall–Kier alpha value is -3.02. The summed E-state index contributed by atoms with van der Waals surface area (Å²) in [5.41, 5.74) is 1.94. The second kappa shape index (κ2) is 7.04. The largest absolute Gasteiger partial charge is 0.497 e. The number of carbonyl (C=O) groups is 1. The molecule has 3 aromatic rings. The van der Waals surface area contributed by atoms with Crippen molar-refractivity contribution in [1.82, 2.24) is 5.16 Å². The van der Waals surface area contributed by atoms with Crippen LogP contribution in [0.25, 0.3) is 11.0 Å². The van der Waals surface area contributed by atoms with Gasteiger partial charge in [-0.25, -0.2) is 0 Å². The maximum absolute atomic E-state index is 12.1. The van der Waals surface area contributed by atoms with E-state index in [0.717, 1.165) is 10.9 Å². The Labute approximate surface area is 138 Å². The molecule has 0 aliphatic rings. The van der Waals surface area contributed by atoms with Crippen molar-refractivity contribution in [1.29, 1.82) is 0 Å². The minimum Gasteiger partial charge on any atom is -0.497 e. The Morgan fingerprint density at radius 1 is 1.12 bits per heavy atom. The van der Waals surface area contributed by atoms with Crippen molar-refractivity contribution < 1.29 is 23.5 Å². The van der Waals surface area contributed by atoms with Gasteiger partial charge < -0.3 is 18.7 Å². The summed E-state index contributed by atoms with van der Waals surface area (Å²) in [4.78, 5) is 12.1. The van der Waals surface area contributed by atoms with Gasteiger partial charge in [-0.3, -0.25) is 4.79 Å². The summed E-state index contributed by atoms with van der Waals surface area (Å²) < 4.78 is 21.0. The van der Waals surface area contributed by atoms with Gasteiger partial charge in [0.2, 0.25) is 0 Å². The maximum Gasteiger partial charge on any atom is 0.312 e. The van der Waals surface area contributed by atoms with Crippen molar-refractivity contribution in [3.63, 3.8) is 0 Å². The van der Waals surface area contributed by atoms with Crippen LogP contribution in [0.2, 0.25) is 0 Å². The van der Waals surface area contributed by atoms with Gasteiger partial charge in [0, 0.05) is 10.9 Å². The zero-order valence-corrected chi connectivity index (χ0v) is 13.4. The molecule has 6 heteroatoms. The van der Waals surface area contributed by atoms with E-state index in [-0.39, 0.29) is 19.0 Å². The van der Waals surface area contributed by atoms with Crippen LogP contribution in [0.5, 0.6) is 11.5 Å². The first-order chi connectivity index (χ1) is 11.7. The van der Waals surface area contributed by atoms with E-state index >= 15 is 0 Å². The molecule has 0 spiro atoms. The quantitative estimate of drug-likeness (QED) is 0.648. The molecule has 0 saturated carbocycles. The highest BCUT2D eigenvalue weighted by molar-refractivity contribution is 5.84. The molecule has 6 nitrogen and oxygen atoms in total. The summed E-state index contributed by atoms with van der Waals surface area (Å²) in [7, 11) is 3.14. The number of rotatable bonds is 6. The number of hydrogen-bond acceptors (Lipinski definition) is 6. The number of aromatic nitrogens is 1. The highest BCUT2D eigenvalue weighted by Gasteiger charge is 2.14. The van der Waals surface area contributed by atoms with E-state index in [1.54, 1.807) is 38.5 Å². The molecule has 0 bridgehead atoms. The van der Waals surface area contributed by atoms with Gasteiger partial charge in [0.05, 0.1) is 20.6 Å². The number of benzene rings is 2. The molecule has 0 atom stereocenters. The maximum atomic E-state index is 12.1. The monoisotopic (exact) mass is 327 g/mol. The van der Waals surface area contributed by atoms with Gasteiger partial charge in [0.25, 0.3) is 0 Å². The van der Waals surface area contributed by atoms with E-state index in [2.05, 4.69) is 5.16 Å². The SMILES string of the molecule is COc1ccc(OC)c(COC(=O)Cc2noc3ccccc23)c1. The third-order valence-corrected chi connectivity index (χ3v) is 3.64. The molecule has 2 aromatic carbocycles. The lowest BCUT2D eigenvalue weighted by Crippen LogP contribution is -2.09. The minimum atomic E-state index is -0.390. The first-order valence-electron chi connectivity index (χ1n) is 7.41. The molecule has 1 heterocycles. The van der Waals surface area contributed by atoms with Crippen LogP contribution in [0.15, 0.2) is 47.0 Å². The lowest BCUT2D eigenvalue weighted by molar-refractivity contribution is -0.144. The molecule has 0 radical (unpaired) electrons. The summed E-state index contributed by atoms with van der Waals surface area (Å²) in [6, 6.07) is 12.7. The van der Waals surface area contributed by atoms with E-state index in [0.29, 0.717) is 22.8 Å². The third kappa shape index (κ3) is 3.32. The topological polar surface area (TPSA) is 70.8 Å². The number of para-hydroxylation sites is 1. The molecular formula is C18H17NO5. The number of fused-ring (bicyclic) bond motifs is 1. The molecule has 0 amide bonds. The van der Waals surface area contributed by atoms with Crippen LogP contribution in [0.3, 0.4) is 0 Å². The fourth-order valence-electron chi connectivity index (χ4n) is 2.41. The molecule has 0 aliphatic heterocycles. The molecule has 0 fully saturated rings. The van der Waals surface area contributed by atoms with Crippen molar-refractivity contribution in [3.05, 3.63) is 53.7 Å². The van der Waals surface area contributed by atoms with Crippen molar-refractivity contribution in [3.8, 4) is 11.5 Å². The van der Waals surface area contributed by atoms with Gasteiger partial charge in [0.15, 0.2) is 5.58 Å². The number of esters is 1. The Morgan fingerprint density at radius 3 is 2.75 bits per heavy atom. The zero-order valence-electron chi connectivity index (χ0n) is 13.4. The smallest absolute Gasteiger partial charge is 0.312 e. The number of methoxy groups -OCH3 is 2. The predicted molar refractivity (Wildman–Crippen MR) is 87.1 cm³/mol. The second-order valence-corrected chi connectivity index (χ2v) is 5.14. The van der Waals surface area contributed by atoms with Crippen LogP contribution in [0.1, 0.15) is 11.3 Å². The number of carbonyl (C=O) groups excluding carboxylic acids is 1. The van der Waals surface area contributed by atoms with Crippen molar-refractivity contribution in [2.24, 2.45) is 0 Å². The normalized spacial score (nSPS) is 10.6. The van der Waals surface area contributed by atoms with E-state index in [1.807, 2.05) is 18.2 Å². The van der Waals surface area contributed by atoms with Gasteiger partial charge in [-0.1, -0.05) is 17.3 Å². The summed E-state index contributed by atoms with van der Waals surface area (Å²) in [6.45, 7) is 0.0923.